The SMILES string of the molecule is CCS(=O)(=O)c1ccc([C@@H](CCO)c2nc3c(Cl)c(N4CCC(F)(F)CC4)c(Cl)cc3[nH]2)cc1. The summed E-state index contributed by atoms with van der Waals surface area (Å²) in [5, 5.41) is 10.3. The zero-order valence-electron chi connectivity index (χ0n) is 18.5. The molecule has 2 aromatic carbocycles. The van der Waals surface area contributed by atoms with Crippen LogP contribution in [-0.2, 0) is 9.84 Å². The lowest BCUT2D eigenvalue weighted by molar-refractivity contribution is -0.0220. The van der Waals surface area contributed by atoms with Crippen LogP contribution in [0.1, 0.15) is 43.5 Å². The molecule has 0 saturated carbocycles. The molecule has 11 heteroatoms. The Labute approximate surface area is 206 Å². The number of H-pyrrole nitrogens is 1. The molecule has 184 valence electrons. The number of piperidine rings is 1. The van der Waals surface area contributed by atoms with Crippen LogP contribution in [0.2, 0.25) is 10.0 Å². The van der Waals surface area contributed by atoms with E-state index in [-0.39, 0.29) is 54.1 Å². The van der Waals surface area contributed by atoms with Gasteiger partial charge in [-0.2, -0.15) is 0 Å². The lowest BCUT2D eigenvalue weighted by atomic mass is 9.95. The smallest absolute Gasteiger partial charge is 0.251 e. The zero-order chi connectivity index (χ0) is 24.7. The lowest BCUT2D eigenvalue weighted by Gasteiger charge is -2.34. The molecule has 34 heavy (non-hydrogen) atoms. The van der Waals surface area contributed by atoms with E-state index in [1.807, 2.05) is 0 Å². The van der Waals surface area contributed by atoms with Gasteiger partial charge in [-0.25, -0.2) is 22.2 Å². The van der Waals surface area contributed by atoms with E-state index >= 15 is 0 Å². The highest BCUT2D eigenvalue weighted by Gasteiger charge is 2.35. The fraction of sp³-hybridized carbons (Fsp3) is 0.435. The number of anilines is 1. The number of sulfone groups is 1. The van der Waals surface area contributed by atoms with Gasteiger partial charge in [0.05, 0.1) is 31.9 Å². The number of nitrogens with zero attached hydrogens (tertiary/aromatic N) is 2. The van der Waals surface area contributed by atoms with Crippen molar-refractivity contribution in [3.63, 3.8) is 0 Å². The molecule has 4 rings (SSSR count). The maximum Gasteiger partial charge on any atom is 0.251 e. The quantitative estimate of drug-likeness (QED) is 0.425. The summed E-state index contributed by atoms with van der Waals surface area (Å²) in [6.45, 7) is 1.74. The van der Waals surface area contributed by atoms with Crippen LogP contribution in [0.15, 0.2) is 35.2 Å². The van der Waals surface area contributed by atoms with E-state index in [9.17, 15) is 22.3 Å². The van der Waals surface area contributed by atoms with Crippen molar-refractivity contribution in [1.82, 2.24) is 9.97 Å². The highest BCUT2D eigenvalue weighted by Crippen LogP contribution is 2.42. The van der Waals surface area contributed by atoms with E-state index in [0.29, 0.717) is 34.0 Å². The summed E-state index contributed by atoms with van der Waals surface area (Å²) in [7, 11) is -3.33. The van der Waals surface area contributed by atoms with Crippen molar-refractivity contribution in [2.24, 2.45) is 0 Å². The van der Waals surface area contributed by atoms with Gasteiger partial charge in [0.2, 0.25) is 0 Å². The average molecular weight is 532 g/mol. The molecular formula is C23H25Cl2F2N3O3S. The Bertz CT molecular complexity index is 1290. The molecule has 6 nitrogen and oxygen atoms in total. The zero-order valence-corrected chi connectivity index (χ0v) is 20.8. The van der Waals surface area contributed by atoms with Gasteiger partial charge in [-0.1, -0.05) is 42.3 Å². The number of alkyl halides is 2. The number of benzene rings is 2. The van der Waals surface area contributed by atoms with Gasteiger partial charge in [-0.3, -0.25) is 0 Å². The van der Waals surface area contributed by atoms with E-state index in [4.69, 9.17) is 23.2 Å². The number of aromatic nitrogens is 2. The number of rotatable bonds is 7. The van der Waals surface area contributed by atoms with Gasteiger partial charge in [0.25, 0.3) is 5.92 Å². The molecule has 3 aromatic rings. The fourth-order valence-electron chi connectivity index (χ4n) is 4.27. The van der Waals surface area contributed by atoms with Crippen LogP contribution in [0, 0.1) is 0 Å². The Morgan fingerprint density at radius 3 is 2.44 bits per heavy atom. The number of nitrogens with one attached hydrogen (secondary N) is 1. The maximum absolute atomic E-state index is 13.6. The molecule has 2 heterocycles. The van der Waals surface area contributed by atoms with Crippen LogP contribution in [-0.4, -0.2) is 54.9 Å². The lowest BCUT2D eigenvalue weighted by Crippen LogP contribution is -2.39. The normalized spacial score (nSPS) is 17.3. The van der Waals surface area contributed by atoms with Gasteiger partial charge in [-0.15, -0.1) is 0 Å². The summed E-state index contributed by atoms with van der Waals surface area (Å²) in [6, 6.07) is 8.20. The van der Waals surface area contributed by atoms with E-state index < -0.39 is 15.8 Å². The first-order valence-corrected chi connectivity index (χ1v) is 13.4. The molecule has 0 unspecified atom stereocenters. The number of imidazole rings is 1. The molecule has 0 radical (unpaired) electrons. The van der Waals surface area contributed by atoms with Crippen molar-refractivity contribution in [3.8, 4) is 0 Å². The van der Waals surface area contributed by atoms with Gasteiger partial charge < -0.3 is 15.0 Å². The van der Waals surface area contributed by atoms with Crippen LogP contribution in [0.5, 0.6) is 0 Å². The first-order valence-electron chi connectivity index (χ1n) is 11.0. The molecule has 0 spiro atoms. The Hall–Kier alpha value is -1.94. The van der Waals surface area contributed by atoms with Crippen molar-refractivity contribution < 1.29 is 22.3 Å². The molecule has 1 aromatic heterocycles. The first kappa shape index (κ1) is 25.2. The molecule has 0 amide bonds. The predicted molar refractivity (Wildman–Crippen MR) is 130 cm³/mol. The van der Waals surface area contributed by atoms with Crippen molar-refractivity contribution in [3.05, 3.63) is 51.8 Å². The summed E-state index contributed by atoms with van der Waals surface area (Å²) in [5.74, 6) is -2.49. The molecule has 0 bridgehead atoms. The number of hydrogen-bond acceptors (Lipinski definition) is 5. The monoisotopic (exact) mass is 531 g/mol. The molecular weight excluding hydrogens is 507 g/mol. The Morgan fingerprint density at radius 1 is 1.21 bits per heavy atom. The largest absolute Gasteiger partial charge is 0.396 e. The second kappa shape index (κ2) is 9.60. The molecule has 1 aliphatic rings. The molecule has 1 fully saturated rings. The van der Waals surface area contributed by atoms with Crippen molar-refractivity contribution >= 4 is 49.8 Å². The average Bonchev–Trinajstić information content (AvgIpc) is 3.22. The summed E-state index contributed by atoms with van der Waals surface area (Å²) in [4.78, 5) is 9.87. The van der Waals surface area contributed by atoms with Crippen LogP contribution in [0.4, 0.5) is 14.5 Å². The van der Waals surface area contributed by atoms with Crippen LogP contribution in [0.3, 0.4) is 0 Å². The van der Waals surface area contributed by atoms with Crippen LogP contribution >= 0.6 is 23.2 Å². The molecule has 2 N–H and O–H groups in total. The minimum absolute atomic E-state index is 0.00619. The van der Waals surface area contributed by atoms with E-state index in [0.717, 1.165) is 5.56 Å². The highest BCUT2D eigenvalue weighted by atomic mass is 35.5. The van der Waals surface area contributed by atoms with Gasteiger partial charge in [0, 0.05) is 38.5 Å². The Morgan fingerprint density at radius 2 is 1.85 bits per heavy atom. The third-order valence-electron chi connectivity index (χ3n) is 6.24. The predicted octanol–water partition coefficient (Wildman–Crippen LogP) is 5.41. The molecule has 1 saturated heterocycles. The van der Waals surface area contributed by atoms with Crippen molar-refractivity contribution in [2.75, 3.05) is 30.3 Å². The third-order valence-corrected chi connectivity index (χ3v) is 8.64. The number of hydrogen-bond donors (Lipinski definition) is 2. The number of aliphatic hydroxyl groups is 1. The number of aromatic amines is 1. The summed E-state index contributed by atoms with van der Waals surface area (Å²) < 4.78 is 51.5. The standard InChI is InChI=1S/C23H25Cl2F2N3O3S/c1-2-34(32,33)15-5-3-14(4-6-15)16(7-12-31)22-28-18-13-17(24)21(19(25)20(18)29-22)30-10-8-23(26,27)9-11-30/h3-6,13,16,31H,2,7-12H2,1H3,(H,28,29)/t16-/m1/s1. The fourth-order valence-corrected chi connectivity index (χ4v) is 5.89. The van der Waals surface area contributed by atoms with E-state index in [1.165, 1.54) is 0 Å². The molecule has 1 atom stereocenters. The first-order chi connectivity index (χ1) is 16.1. The molecule has 0 aliphatic carbocycles. The maximum atomic E-state index is 13.6. The van der Waals surface area contributed by atoms with Gasteiger partial charge in [0.1, 0.15) is 11.3 Å². The van der Waals surface area contributed by atoms with Gasteiger partial charge in [0.15, 0.2) is 9.84 Å². The minimum atomic E-state index is -3.33. The van der Waals surface area contributed by atoms with Crippen molar-refractivity contribution in [2.45, 2.75) is 42.9 Å². The van der Waals surface area contributed by atoms with E-state index in [2.05, 4.69) is 9.97 Å². The van der Waals surface area contributed by atoms with Crippen molar-refractivity contribution in [1.29, 1.82) is 0 Å². The second-order valence-electron chi connectivity index (χ2n) is 8.42. The summed E-state index contributed by atoms with van der Waals surface area (Å²) >= 11 is 13.2. The van der Waals surface area contributed by atoms with Crippen LogP contribution < -0.4 is 4.90 Å². The Balaban J connectivity index is 1.71. The Kier molecular flexibility index (Phi) is 7.11. The summed E-state index contributed by atoms with van der Waals surface area (Å²) in [5.41, 5.74) is 2.31. The summed E-state index contributed by atoms with van der Waals surface area (Å²) in [6.07, 6.45) is -0.198. The number of aliphatic hydroxyl groups excluding tert-OH is 1. The molecule has 1 aliphatic heterocycles. The second-order valence-corrected chi connectivity index (χ2v) is 11.5. The number of halogens is 4. The van der Waals surface area contributed by atoms with Gasteiger partial charge >= 0.3 is 0 Å². The number of fused-ring (bicyclic) bond motifs is 1. The van der Waals surface area contributed by atoms with Crippen LogP contribution in [0.25, 0.3) is 11.0 Å². The van der Waals surface area contributed by atoms with E-state index in [1.54, 1.807) is 42.2 Å². The minimum Gasteiger partial charge on any atom is -0.396 e. The topological polar surface area (TPSA) is 86.3 Å². The van der Waals surface area contributed by atoms with Gasteiger partial charge in [-0.05, 0) is 30.2 Å². The highest BCUT2D eigenvalue weighted by molar-refractivity contribution is 7.91. The third kappa shape index (κ3) is 4.89.